The number of nitrogens with zero attached hydrogens (tertiary/aromatic N) is 1. The van der Waals surface area contributed by atoms with Crippen molar-refractivity contribution in [3.8, 4) is 0 Å². The molecule has 0 saturated carbocycles. The van der Waals surface area contributed by atoms with Gasteiger partial charge in [-0.05, 0) is 0 Å². The molecule has 0 N–H and O–H groups in total. The number of fused-ring (bicyclic) bond motifs is 1. The van der Waals surface area contributed by atoms with Crippen molar-refractivity contribution >= 4 is 4.02 Å². The fourth-order valence-electron chi connectivity index (χ4n) is 1.45. The van der Waals surface area contributed by atoms with Crippen molar-refractivity contribution in [2.45, 2.75) is 19.4 Å². The predicted octanol–water partition coefficient (Wildman–Crippen LogP) is 2.18. The Kier molecular flexibility index (Phi) is 5.13. The summed E-state index contributed by atoms with van der Waals surface area (Å²) >= 11 is 1.53. The molecule has 0 unspecified atom stereocenters. The van der Waals surface area contributed by atoms with Crippen molar-refractivity contribution in [2.75, 3.05) is 0 Å². The van der Waals surface area contributed by atoms with Gasteiger partial charge in [-0.25, -0.2) is 0 Å². The van der Waals surface area contributed by atoms with E-state index in [2.05, 4.69) is 29.6 Å². The molecule has 1 nitrogen and oxygen atoms in total. The van der Waals surface area contributed by atoms with Gasteiger partial charge < -0.3 is 0 Å². The molecular formula is C10H10NUW-. The van der Waals surface area contributed by atoms with Gasteiger partial charge in [0, 0.05) is 31.1 Å². The van der Waals surface area contributed by atoms with Gasteiger partial charge in [-0.3, -0.25) is 0 Å². The van der Waals surface area contributed by atoms with E-state index < -0.39 is 0 Å². The molecule has 1 heterocycles. The van der Waals surface area contributed by atoms with Crippen molar-refractivity contribution < 1.29 is 50.5 Å². The molecule has 1 aliphatic rings. The zero-order valence-electron chi connectivity index (χ0n) is 7.29. The number of benzene rings is 1. The van der Waals surface area contributed by atoms with Gasteiger partial charge >= 0.3 is 83.5 Å². The van der Waals surface area contributed by atoms with Crippen LogP contribution in [0.2, 0.25) is 0 Å². The standard InChI is InChI=1S/C10H10N.U.W/c1-2-5-10-8-11-7-3-6-9(10)4-1;;/h1-2,4-5H,3,6,8H2;;/q-1;;. The minimum absolute atomic E-state index is 0. The summed E-state index contributed by atoms with van der Waals surface area (Å²) in [5.74, 6) is 0. The summed E-state index contributed by atoms with van der Waals surface area (Å²) in [4.78, 5) is 0. The van der Waals surface area contributed by atoms with Crippen LogP contribution in [0.4, 0.5) is 0 Å². The molecular weight excluding hydrogens is 556 g/mol. The minimum atomic E-state index is 0. The molecule has 0 bridgehead atoms. The first-order chi connectivity index (χ1) is 5.86. The first-order valence-electron chi connectivity index (χ1n) is 4.13. The molecule has 0 atom stereocenters. The fraction of sp³-hybridized carbons (Fsp3) is 0.300. The monoisotopic (exact) mass is 566 g/mol. The molecule has 0 amide bonds. The maximum atomic E-state index is 4.52. The number of rotatable bonds is 0. The molecule has 66 valence electrons. The molecule has 1 aromatic carbocycles. The van der Waals surface area contributed by atoms with E-state index in [1.54, 1.807) is 0 Å². The zero-order valence-corrected chi connectivity index (χ0v) is 14.4. The molecule has 1 aliphatic heterocycles. The second-order valence-electron chi connectivity index (χ2n) is 2.98. The molecule has 0 spiro atoms. The molecule has 0 radical (unpaired) electrons. The van der Waals surface area contributed by atoms with Gasteiger partial charge in [0.05, 0.1) is 0 Å². The van der Waals surface area contributed by atoms with E-state index in [4.69, 9.17) is 0 Å². The third-order valence-corrected chi connectivity index (χ3v) is 3.35. The van der Waals surface area contributed by atoms with Gasteiger partial charge in [-0.2, -0.15) is 0 Å². The Balaban J connectivity index is 0.000000845. The molecule has 1 aromatic rings. The third kappa shape index (κ3) is 3.14. The van der Waals surface area contributed by atoms with Crippen LogP contribution in [0.1, 0.15) is 17.5 Å². The van der Waals surface area contributed by atoms with E-state index in [1.807, 2.05) is 0 Å². The first-order valence-corrected chi connectivity index (χ1v) is 5.60. The quantitative estimate of drug-likeness (QED) is 0.458. The van der Waals surface area contributed by atoms with Gasteiger partial charge in [0.2, 0.25) is 0 Å². The third-order valence-electron chi connectivity index (χ3n) is 2.15. The van der Waals surface area contributed by atoms with Crippen LogP contribution in [0, 0.1) is 31.1 Å². The van der Waals surface area contributed by atoms with Crippen LogP contribution in [0.25, 0.3) is 5.32 Å². The van der Waals surface area contributed by atoms with Gasteiger partial charge in [0.15, 0.2) is 0 Å². The van der Waals surface area contributed by atoms with Crippen LogP contribution in [-0.2, 0) is 32.3 Å². The second-order valence-corrected chi connectivity index (χ2v) is 4.67. The fourth-order valence-corrected chi connectivity index (χ4v) is 2.05. The molecule has 13 heavy (non-hydrogen) atoms. The summed E-state index contributed by atoms with van der Waals surface area (Å²) in [6.07, 6.45) is 2.34. The van der Waals surface area contributed by atoms with Crippen molar-refractivity contribution in [3.63, 3.8) is 0 Å². The van der Waals surface area contributed by atoms with E-state index in [9.17, 15) is 0 Å². The summed E-state index contributed by atoms with van der Waals surface area (Å²) in [6, 6.07) is 8.62. The Morgan fingerprint density at radius 3 is 2.54 bits per heavy atom. The summed E-state index contributed by atoms with van der Waals surface area (Å²) in [6.45, 7) is 0.898. The topological polar surface area (TPSA) is 14.1 Å². The van der Waals surface area contributed by atoms with E-state index in [-0.39, 0.29) is 31.1 Å². The molecule has 2 rings (SSSR count). The summed E-state index contributed by atoms with van der Waals surface area (Å²) < 4.78 is 1.37. The Hall–Kier alpha value is 0.790. The van der Waals surface area contributed by atoms with Crippen LogP contribution < -0.4 is 0 Å². The van der Waals surface area contributed by atoms with Crippen LogP contribution in [-0.4, -0.2) is 4.02 Å². The van der Waals surface area contributed by atoms with E-state index in [1.165, 1.54) is 40.9 Å². The summed E-state index contributed by atoms with van der Waals surface area (Å²) in [5, 5.41) is 4.52. The van der Waals surface area contributed by atoms with Crippen LogP contribution >= 0.6 is 0 Å². The number of hydrogen-bond acceptors (Lipinski definition) is 0. The first kappa shape index (κ1) is 11.9. The van der Waals surface area contributed by atoms with Crippen molar-refractivity contribution in [1.29, 1.82) is 0 Å². The van der Waals surface area contributed by atoms with Gasteiger partial charge in [0.25, 0.3) is 0 Å². The van der Waals surface area contributed by atoms with Crippen molar-refractivity contribution in [1.82, 2.24) is 0 Å². The van der Waals surface area contributed by atoms with E-state index in [0.717, 1.165) is 13.0 Å². The van der Waals surface area contributed by atoms with Crippen molar-refractivity contribution in [2.24, 2.45) is 0 Å². The van der Waals surface area contributed by atoms with E-state index >= 15 is 0 Å². The molecule has 0 aliphatic carbocycles. The van der Waals surface area contributed by atoms with Gasteiger partial charge in [0.1, 0.15) is 0 Å². The average Bonchev–Trinajstić information content (AvgIpc) is 2.29. The van der Waals surface area contributed by atoms with E-state index in [0.29, 0.717) is 0 Å². The Labute approximate surface area is 113 Å². The number of hydrogen-bond donors (Lipinski definition) is 0. The average molecular weight is 566 g/mol. The Bertz CT molecular complexity index is 283. The molecule has 0 saturated heterocycles. The molecule has 0 aromatic heterocycles. The number of aryl methyl sites for hydroxylation is 1. The normalized spacial score (nSPS) is 15.5. The van der Waals surface area contributed by atoms with Crippen LogP contribution in [0.3, 0.4) is 0 Å². The SMILES string of the molecule is [U].[W]=[C]1CCc2ccccc2C[N-]1. The molecule has 0 fully saturated rings. The molecule has 3 heteroatoms. The maximum absolute atomic E-state index is 4.52. The van der Waals surface area contributed by atoms with Crippen LogP contribution in [0.5, 0.6) is 0 Å². The Morgan fingerprint density at radius 1 is 1.08 bits per heavy atom. The van der Waals surface area contributed by atoms with Crippen molar-refractivity contribution in [3.05, 3.63) is 40.7 Å². The summed E-state index contributed by atoms with van der Waals surface area (Å²) in [5.41, 5.74) is 2.89. The zero-order chi connectivity index (χ0) is 8.39. The Morgan fingerprint density at radius 2 is 1.77 bits per heavy atom. The summed E-state index contributed by atoms with van der Waals surface area (Å²) in [7, 11) is 0. The predicted molar refractivity (Wildman–Crippen MR) is 46.8 cm³/mol. The second kappa shape index (κ2) is 5.62. The van der Waals surface area contributed by atoms with Crippen LogP contribution in [0.15, 0.2) is 24.3 Å². The van der Waals surface area contributed by atoms with Gasteiger partial charge in [-0.15, -0.1) is 0 Å². The van der Waals surface area contributed by atoms with Gasteiger partial charge in [-0.1, -0.05) is 0 Å².